The van der Waals surface area contributed by atoms with E-state index in [9.17, 15) is 9.59 Å². The maximum atomic E-state index is 11.9. The van der Waals surface area contributed by atoms with Crippen molar-refractivity contribution in [3.05, 3.63) is 23.2 Å². The maximum Gasteiger partial charge on any atom is 0.236 e. The zero-order chi connectivity index (χ0) is 16.5. The lowest BCUT2D eigenvalue weighted by atomic mass is 10.1. The number of hydrogen-bond donors (Lipinski definition) is 3. The molecule has 0 saturated heterocycles. The molecule has 1 atom stereocenters. The van der Waals surface area contributed by atoms with Gasteiger partial charge in [0.25, 0.3) is 0 Å². The smallest absolute Gasteiger partial charge is 0.236 e. The van der Waals surface area contributed by atoms with Gasteiger partial charge in [0.05, 0.1) is 18.8 Å². The van der Waals surface area contributed by atoms with Crippen LogP contribution in [0.5, 0.6) is 5.75 Å². The van der Waals surface area contributed by atoms with E-state index in [2.05, 4.69) is 10.6 Å². The first-order valence-corrected chi connectivity index (χ1v) is 7.52. The number of carbonyl (C=O) groups excluding carboxylic acids is 2. The Morgan fingerprint density at radius 1 is 1.39 bits per heavy atom. The van der Waals surface area contributed by atoms with Crippen LogP contribution in [0.15, 0.2) is 18.2 Å². The van der Waals surface area contributed by atoms with Gasteiger partial charge in [-0.25, -0.2) is 0 Å². The second kappa shape index (κ2) is 11.1. The summed E-state index contributed by atoms with van der Waals surface area (Å²) in [5.41, 5.74) is 6.17. The van der Waals surface area contributed by atoms with E-state index in [1.807, 2.05) is 6.92 Å². The van der Waals surface area contributed by atoms with E-state index in [1.165, 1.54) is 7.11 Å². The van der Waals surface area contributed by atoms with Crippen molar-refractivity contribution in [3.8, 4) is 5.75 Å². The molecular formula is C15H23Cl2N3O3. The molecule has 130 valence electrons. The second-order valence-electron chi connectivity index (χ2n) is 4.83. The van der Waals surface area contributed by atoms with Gasteiger partial charge in [0.15, 0.2) is 0 Å². The lowest BCUT2D eigenvalue weighted by molar-refractivity contribution is -0.122. The molecule has 1 aromatic rings. The normalized spacial score (nSPS) is 11.1. The summed E-state index contributed by atoms with van der Waals surface area (Å²) >= 11 is 5.89. The van der Waals surface area contributed by atoms with Crippen LogP contribution in [0.4, 0.5) is 5.69 Å². The minimum atomic E-state index is -0.527. The highest BCUT2D eigenvalue weighted by Gasteiger charge is 2.13. The Labute approximate surface area is 147 Å². The largest absolute Gasteiger partial charge is 0.495 e. The van der Waals surface area contributed by atoms with Crippen LogP contribution in [0.25, 0.3) is 0 Å². The van der Waals surface area contributed by atoms with E-state index in [0.29, 0.717) is 22.9 Å². The fourth-order valence-corrected chi connectivity index (χ4v) is 2.04. The van der Waals surface area contributed by atoms with E-state index >= 15 is 0 Å². The number of amides is 2. The Balaban J connectivity index is 0.00000484. The Kier molecular flexibility index (Phi) is 10.4. The number of carbonyl (C=O) groups is 2. The van der Waals surface area contributed by atoms with Gasteiger partial charge in [-0.05, 0) is 24.6 Å². The molecule has 23 heavy (non-hydrogen) atoms. The zero-order valence-corrected chi connectivity index (χ0v) is 14.8. The summed E-state index contributed by atoms with van der Waals surface area (Å²) in [6.45, 7) is 2.18. The molecule has 0 heterocycles. The monoisotopic (exact) mass is 363 g/mol. The molecule has 8 heteroatoms. The van der Waals surface area contributed by atoms with E-state index < -0.39 is 6.04 Å². The van der Waals surface area contributed by atoms with Gasteiger partial charge in [0.1, 0.15) is 5.75 Å². The topological polar surface area (TPSA) is 93.5 Å². The predicted molar refractivity (Wildman–Crippen MR) is 94.4 cm³/mol. The molecule has 1 unspecified atom stereocenters. The molecule has 0 bridgehead atoms. The van der Waals surface area contributed by atoms with E-state index in [4.69, 9.17) is 22.1 Å². The van der Waals surface area contributed by atoms with Crippen LogP contribution < -0.4 is 21.1 Å². The minimum Gasteiger partial charge on any atom is -0.495 e. The highest BCUT2D eigenvalue weighted by molar-refractivity contribution is 6.31. The van der Waals surface area contributed by atoms with Crippen LogP contribution in [-0.4, -0.2) is 31.5 Å². The van der Waals surface area contributed by atoms with Crippen molar-refractivity contribution in [2.45, 2.75) is 32.2 Å². The molecule has 4 N–H and O–H groups in total. The molecule has 0 aliphatic rings. The minimum absolute atomic E-state index is 0. The summed E-state index contributed by atoms with van der Waals surface area (Å²) in [7, 11) is 1.51. The number of nitrogens with two attached hydrogens (primary N) is 1. The average molecular weight is 364 g/mol. The highest BCUT2D eigenvalue weighted by Crippen LogP contribution is 2.27. The molecule has 0 aromatic heterocycles. The van der Waals surface area contributed by atoms with Gasteiger partial charge in [0.2, 0.25) is 11.8 Å². The van der Waals surface area contributed by atoms with Crippen LogP contribution in [0.2, 0.25) is 5.02 Å². The SMILES string of the molecule is CCCC(N)C(=O)NCCC(=O)Nc1cc(Cl)ccc1OC.Cl. The number of anilines is 1. The van der Waals surface area contributed by atoms with Crippen molar-refractivity contribution in [2.75, 3.05) is 19.0 Å². The van der Waals surface area contributed by atoms with Gasteiger partial charge in [-0.2, -0.15) is 0 Å². The van der Waals surface area contributed by atoms with Gasteiger partial charge in [-0.1, -0.05) is 24.9 Å². The van der Waals surface area contributed by atoms with Gasteiger partial charge in [-0.15, -0.1) is 12.4 Å². The first kappa shape index (κ1) is 21.5. The van der Waals surface area contributed by atoms with Gasteiger partial charge in [-0.3, -0.25) is 9.59 Å². The molecule has 0 aliphatic heterocycles. The number of methoxy groups -OCH3 is 1. The van der Waals surface area contributed by atoms with Crippen molar-refractivity contribution in [3.63, 3.8) is 0 Å². The highest BCUT2D eigenvalue weighted by atomic mass is 35.5. The van der Waals surface area contributed by atoms with Gasteiger partial charge < -0.3 is 21.1 Å². The average Bonchev–Trinajstić information content (AvgIpc) is 2.47. The number of hydrogen-bond acceptors (Lipinski definition) is 4. The van der Waals surface area contributed by atoms with Gasteiger partial charge in [0, 0.05) is 18.0 Å². The third kappa shape index (κ3) is 7.54. The molecule has 0 spiro atoms. The molecule has 0 fully saturated rings. The molecule has 6 nitrogen and oxygen atoms in total. The van der Waals surface area contributed by atoms with E-state index in [-0.39, 0.29) is 37.2 Å². The van der Waals surface area contributed by atoms with Crippen LogP contribution in [0.3, 0.4) is 0 Å². The number of nitrogens with one attached hydrogen (secondary N) is 2. The van der Waals surface area contributed by atoms with Crippen LogP contribution in [0.1, 0.15) is 26.2 Å². The fraction of sp³-hybridized carbons (Fsp3) is 0.467. The third-order valence-corrected chi connectivity index (χ3v) is 3.26. The van der Waals surface area contributed by atoms with E-state index in [1.54, 1.807) is 18.2 Å². The third-order valence-electron chi connectivity index (χ3n) is 3.02. The molecule has 0 saturated carbocycles. The molecule has 1 rings (SSSR count). The fourth-order valence-electron chi connectivity index (χ4n) is 1.86. The standard InChI is InChI=1S/C15H22ClN3O3.ClH/c1-3-4-11(17)15(21)18-8-7-14(20)19-12-9-10(16)5-6-13(12)22-2;/h5-6,9,11H,3-4,7-8,17H2,1-2H3,(H,18,21)(H,19,20);1H. The predicted octanol–water partition coefficient (Wildman–Crippen LogP) is 2.34. The van der Waals surface area contributed by atoms with Crippen LogP contribution in [0, 0.1) is 0 Å². The Bertz CT molecular complexity index is 527. The lowest BCUT2D eigenvalue weighted by Crippen LogP contribution is -2.41. The van der Waals surface area contributed by atoms with Gasteiger partial charge >= 0.3 is 0 Å². The summed E-state index contributed by atoms with van der Waals surface area (Å²) < 4.78 is 5.14. The first-order valence-electron chi connectivity index (χ1n) is 7.14. The summed E-state index contributed by atoms with van der Waals surface area (Å²) in [6.07, 6.45) is 1.60. The maximum absolute atomic E-state index is 11.9. The summed E-state index contributed by atoms with van der Waals surface area (Å²) in [4.78, 5) is 23.5. The first-order chi connectivity index (χ1) is 10.5. The van der Waals surface area contributed by atoms with Crippen LogP contribution in [-0.2, 0) is 9.59 Å². The van der Waals surface area contributed by atoms with E-state index in [0.717, 1.165) is 6.42 Å². The molecule has 1 aromatic carbocycles. The summed E-state index contributed by atoms with van der Waals surface area (Å²) in [5.74, 6) is 0.0340. The van der Waals surface area contributed by atoms with Crippen molar-refractivity contribution in [1.29, 1.82) is 0 Å². The summed E-state index contributed by atoms with van der Waals surface area (Å²) in [6, 6.07) is 4.42. The van der Waals surface area contributed by atoms with Crippen molar-refractivity contribution in [2.24, 2.45) is 5.73 Å². The lowest BCUT2D eigenvalue weighted by Gasteiger charge is -2.12. The molecule has 0 radical (unpaired) electrons. The zero-order valence-electron chi connectivity index (χ0n) is 13.2. The van der Waals surface area contributed by atoms with Crippen LogP contribution >= 0.6 is 24.0 Å². The Morgan fingerprint density at radius 3 is 2.70 bits per heavy atom. The molecule has 2 amide bonds. The number of rotatable bonds is 8. The molecule has 0 aliphatic carbocycles. The summed E-state index contributed by atoms with van der Waals surface area (Å²) in [5, 5.41) is 5.84. The number of benzene rings is 1. The number of ether oxygens (including phenoxy) is 1. The van der Waals surface area contributed by atoms with Crippen molar-refractivity contribution < 1.29 is 14.3 Å². The number of halogens is 2. The Morgan fingerprint density at radius 2 is 2.09 bits per heavy atom. The molecular weight excluding hydrogens is 341 g/mol. The second-order valence-corrected chi connectivity index (χ2v) is 5.27. The van der Waals surface area contributed by atoms with Crippen molar-refractivity contribution >= 4 is 41.5 Å². The Hall–Kier alpha value is -1.50. The van der Waals surface area contributed by atoms with Crippen molar-refractivity contribution in [1.82, 2.24) is 5.32 Å². The quantitative estimate of drug-likeness (QED) is 0.660.